The van der Waals surface area contributed by atoms with Crippen molar-refractivity contribution in [3.05, 3.63) is 6.33 Å². The topological polar surface area (TPSA) is 87.6 Å². The molecule has 0 aromatic carbocycles. The Labute approximate surface area is 88.5 Å². The largest absolute Gasteiger partial charge is 0.392 e. The quantitative estimate of drug-likeness (QED) is 0.692. The van der Waals surface area contributed by atoms with Crippen molar-refractivity contribution in [2.75, 3.05) is 24.2 Å². The molecule has 1 rings (SSSR count). The van der Waals surface area contributed by atoms with E-state index >= 15 is 0 Å². The molecular weight excluding hydrogens is 194 g/mol. The van der Waals surface area contributed by atoms with Crippen molar-refractivity contribution in [2.45, 2.75) is 13.0 Å². The van der Waals surface area contributed by atoms with Gasteiger partial charge in [-0.15, -0.1) is 0 Å². The molecule has 1 atom stereocenters. The zero-order chi connectivity index (χ0) is 11.4. The van der Waals surface area contributed by atoms with Crippen molar-refractivity contribution in [1.82, 2.24) is 9.97 Å². The van der Waals surface area contributed by atoms with E-state index in [1.54, 1.807) is 18.9 Å². The molecule has 0 aliphatic rings. The van der Waals surface area contributed by atoms with Crippen molar-refractivity contribution in [3.8, 4) is 0 Å². The lowest BCUT2D eigenvalue weighted by Crippen LogP contribution is -2.27. The fourth-order valence-corrected chi connectivity index (χ4v) is 1.30. The molecule has 0 saturated heterocycles. The fourth-order valence-electron chi connectivity index (χ4n) is 1.30. The van der Waals surface area contributed by atoms with Crippen LogP contribution < -0.4 is 10.6 Å². The van der Waals surface area contributed by atoms with Crippen LogP contribution in [0.5, 0.6) is 0 Å². The van der Waals surface area contributed by atoms with E-state index in [-0.39, 0.29) is 5.82 Å². The summed E-state index contributed by atoms with van der Waals surface area (Å²) >= 11 is 0. The van der Waals surface area contributed by atoms with E-state index in [0.717, 1.165) is 0 Å². The van der Waals surface area contributed by atoms with Crippen LogP contribution in [-0.4, -0.2) is 41.5 Å². The smallest absolute Gasteiger partial charge is 0.160 e. The number of anilines is 2. The van der Waals surface area contributed by atoms with Gasteiger partial charge in [-0.2, -0.15) is 0 Å². The first-order chi connectivity index (χ1) is 7.06. The van der Waals surface area contributed by atoms with Crippen LogP contribution in [-0.2, 0) is 0 Å². The van der Waals surface area contributed by atoms with Crippen molar-refractivity contribution in [1.29, 1.82) is 0 Å². The zero-order valence-electron chi connectivity index (χ0n) is 8.88. The molecule has 0 bridgehead atoms. The highest BCUT2D eigenvalue weighted by molar-refractivity contribution is 5.74. The number of hydrogen-bond acceptors (Lipinski definition) is 6. The Morgan fingerprint density at radius 2 is 2.33 bits per heavy atom. The monoisotopic (exact) mass is 209 g/mol. The van der Waals surface area contributed by atoms with Crippen LogP contribution in [0.3, 0.4) is 0 Å². The molecule has 1 aromatic rings. The summed E-state index contributed by atoms with van der Waals surface area (Å²) in [5.41, 5.74) is 6.07. The number of rotatable bonds is 4. The van der Waals surface area contributed by atoms with Crippen LogP contribution in [0, 0.1) is 0 Å². The Bertz CT molecular complexity index is 352. The van der Waals surface area contributed by atoms with Gasteiger partial charge < -0.3 is 15.7 Å². The lowest BCUT2D eigenvalue weighted by molar-refractivity contribution is 0.201. The molecule has 6 heteroatoms. The summed E-state index contributed by atoms with van der Waals surface area (Å²) in [5.74, 6) is 0.853. The molecule has 1 heterocycles. The molecule has 0 spiro atoms. The van der Waals surface area contributed by atoms with Gasteiger partial charge in [-0.25, -0.2) is 9.97 Å². The van der Waals surface area contributed by atoms with Crippen LogP contribution in [0.4, 0.5) is 17.3 Å². The molecular formula is C9H15N5O. The van der Waals surface area contributed by atoms with Gasteiger partial charge in [0, 0.05) is 13.6 Å². The first-order valence-electron chi connectivity index (χ1n) is 4.52. The van der Waals surface area contributed by atoms with Gasteiger partial charge in [-0.05, 0) is 13.6 Å². The average molecular weight is 209 g/mol. The number of hydrogen-bond donors (Lipinski definition) is 2. The van der Waals surface area contributed by atoms with Crippen molar-refractivity contribution in [2.24, 2.45) is 4.99 Å². The highest BCUT2D eigenvalue weighted by Crippen LogP contribution is 2.29. The van der Waals surface area contributed by atoms with Gasteiger partial charge in [-0.3, -0.25) is 4.99 Å². The zero-order valence-corrected chi connectivity index (χ0v) is 8.88. The molecule has 0 fully saturated rings. The second kappa shape index (κ2) is 4.70. The predicted octanol–water partition coefficient (Wildman–Crippen LogP) is 0.208. The molecule has 0 aliphatic heterocycles. The van der Waals surface area contributed by atoms with Gasteiger partial charge in [0.15, 0.2) is 11.6 Å². The molecule has 0 aliphatic carbocycles. The first-order valence-corrected chi connectivity index (χ1v) is 4.52. The summed E-state index contributed by atoms with van der Waals surface area (Å²) in [6.45, 7) is 5.55. The van der Waals surface area contributed by atoms with Crippen molar-refractivity contribution >= 4 is 24.0 Å². The van der Waals surface area contributed by atoms with Crippen LogP contribution in [0.1, 0.15) is 6.92 Å². The standard InChI is InChI=1S/C9H15N5O/c1-6(15)4-14(3)9-7(11-2)8(10)12-5-13-9/h5-6,15H,2,4H2,1,3H3,(H2,10,12,13). The van der Waals surface area contributed by atoms with Crippen LogP contribution in [0.15, 0.2) is 11.3 Å². The highest BCUT2D eigenvalue weighted by Gasteiger charge is 2.12. The molecule has 1 unspecified atom stereocenters. The van der Waals surface area contributed by atoms with Gasteiger partial charge in [0.05, 0.1) is 6.10 Å². The fraction of sp³-hybridized carbons (Fsp3) is 0.444. The van der Waals surface area contributed by atoms with E-state index < -0.39 is 6.10 Å². The van der Waals surface area contributed by atoms with Crippen LogP contribution in [0.2, 0.25) is 0 Å². The molecule has 15 heavy (non-hydrogen) atoms. The lowest BCUT2D eigenvalue weighted by atomic mass is 10.3. The minimum atomic E-state index is -0.455. The number of nitrogens with two attached hydrogens (primary N) is 1. The number of nitrogen functional groups attached to an aromatic ring is 1. The van der Waals surface area contributed by atoms with Gasteiger partial charge in [0.25, 0.3) is 0 Å². The molecule has 0 saturated carbocycles. The van der Waals surface area contributed by atoms with E-state index in [2.05, 4.69) is 21.7 Å². The second-order valence-corrected chi connectivity index (χ2v) is 3.32. The Hall–Kier alpha value is -1.69. The van der Waals surface area contributed by atoms with Crippen LogP contribution in [0.25, 0.3) is 0 Å². The summed E-state index contributed by atoms with van der Waals surface area (Å²) in [6.07, 6.45) is 0.904. The van der Waals surface area contributed by atoms with Gasteiger partial charge in [0.2, 0.25) is 0 Å². The Balaban J connectivity index is 3.02. The maximum absolute atomic E-state index is 9.25. The van der Waals surface area contributed by atoms with E-state index in [4.69, 9.17) is 5.73 Å². The van der Waals surface area contributed by atoms with Gasteiger partial charge in [-0.1, -0.05) is 0 Å². The summed E-state index contributed by atoms with van der Waals surface area (Å²) in [7, 11) is 1.79. The number of nitrogens with zero attached hydrogens (tertiary/aromatic N) is 4. The number of aliphatic hydroxyl groups excluding tert-OH is 1. The van der Waals surface area contributed by atoms with E-state index in [9.17, 15) is 5.11 Å². The van der Waals surface area contributed by atoms with Crippen molar-refractivity contribution in [3.63, 3.8) is 0 Å². The molecule has 0 amide bonds. The Morgan fingerprint density at radius 1 is 1.67 bits per heavy atom. The summed E-state index contributed by atoms with van der Waals surface area (Å²) in [5, 5.41) is 9.25. The third kappa shape index (κ3) is 2.63. The molecule has 3 N–H and O–H groups in total. The molecule has 6 nitrogen and oxygen atoms in total. The molecule has 82 valence electrons. The minimum Gasteiger partial charge on any atom is -0.392 e. The van der Waals surface area contributed by atoms with Crippen molar-refractivity contribution < 1.29 is 5.11 Å². The lowest BCUT2D eigenvalue weighted by Gasteiger charge is -2.21. The van der Waals surface area contributed by atoms with Gasteiger partial charge >= 0.3 is 0 Å². The third-order valence-corrected chi connectivity index (χ3v) is 1.89. The average Bonchev–Trinajstić information content (AvgIpc) is 2.16. The number of aromatic nitrogens is 2. The first kappa shape index (κ1) is 11.4. The summed E-state index contributed by atoms with van der Waals surface area (Å²) in [6, 6.07) is 0. The van der Waals surface area contributed by atoms with Gasteiger partial charge in [0.1, 0.15) is 12.0 Å². The molecule has 1 aromatic heterocycles. The number of aliphatic hydroxyl groups is 1. The van der Waals surface area contributed by atoms with E-state index in [1.807, 2.05) is 0 Å². The van der Waals surface area contributed by atoms with E-state index in [0.29, 0.717) is 18.1 Å². The Kier molecular flexibility index (Phi) is 3.56. The number of likely N-dealkylation sites (N-methyl/N-ethyl adjacent to an activating group) is 1. The third-order valence-electron chi connectivity index (χ3n) is 1.89. The highest BCUT2D eigenvalue weighted by atomic mass is 16.3. The molecule has 0 radical (unpaired) electrons. The normalized spacial score (nSPS) is 12.2. The summed E-state index contributed by atoms with van der Waals surface area (Å²) < 4.78 is 0. The minimum absolute atomic E-state index is 0.285. The van der Waals surface area contributed by atoms with Crippen LogP contribution >= 0.6 is 0 Å². The van der Waals surface area contributed by atoms with E-state index in [1.165, 1.54) is 6.33 Å². The summed E-state index contributed by atoms with van der Waals surface area (Å²) in [4.78, 5) is 13.4. The number of aliphatic imine (C=N–C) groups is 1. The maximum Gasteiger partial charge on any atom is 0.160 e. The maximum atomic E-state index is 9.25. The predicted molar refractivity (Wildman–Crippen MR) is 60.6 cm³/mol. The Morgan fingerprint density at radius 3 is 2.87 bits per heavy atom. The second-order valence-electron chi connectivity index (χ2n) is 3.32. The SMILES string of the molecule is C=Nc1c(N)ncnc1N(C)CC(C)O.